The predicted molar refractivity (Wildman–Crippen MR) is 152 cm³/mol. The zero-order valence-electron chi connectivity index (χ0n) is 23.0. The van der Waals surface area contributed by atoms with Gasteiger partial charge in [0.25, 0.3) is 11.7 Å². The number of ether oxygens (including phenoxy) is 1. The standard InChI is InChI=1S/C31H35N5O4/c1-3-4-5-8-20-40-24-13-11-23(12-14-24)28-26(29(37)27-22(2)33-25-10-6-7-17-35(25)27)30(38)31(39)36(28)18-9-16-34-19-15-32-21-34/h6-7,10-15,17,19,21,28,37H,3-5,8-9,16,18,20H2,1-2H3/b29-26+. The van der Waals surface area contributed by atoms with Crippen LogP contribution in [0, 0.1) is 6.92 Å². The molecule has 1 saturated heterocycles. The average Bonchev–Trinajstić information content (AvgIpc) is 3.66. The van der Waals surface area contributed by atoms with Crippen molar-refractivity contribution in [3.63, 3.8) is 0 Å². The van der Waals surface area contributed by atoms with Crippen molar-refractivity contribution in [2.24, 2.45) is 0 Å². The predicted octanol–water partition coefficient (Wildman–Crippen LogP) is 5.31. The third kappa shape index (κ3) is 5.50. The number of hydrogen-bond donors (Lipinski definition) is 1. The van der Waals surface area contributed by atoms with E-state index in [2.05, 4.69) is 16.9 Å². The second-order valence-electron chi connectivity index (χ2n) is 10.1. The number of aromatic nitrogens is 4. The van der Waals surface area contributed by atoms with Crippen LogP contribution in [0.15, 0.2) is 73.0 Å². The smallest absolute Gasteiger partial charge is 0.295 e. The van der Waals surface area contributed by atoms with Gasteiger partial charge in [0.2, 0.25) is 0 Å². The highest BCUT2D eigenvalue weighted by atomic mass is 16.5. The third-order valence-electron chi connectivity index (χ3n) is 7.31. The van der Waals surface area contributed by atoms with Gasteiger partial charge < -0.3 is 19.3 Å². The van der Waals surface area contributed by atoms with Crippen molar-refractivity contribution in [1.29, 1.82) is 0 Å². The normalized spacial score (nSPS) is 16.8. The fraction of sp³-hybridized carbons (Fsp3) is 0.355. The van der Waals surface area contributed by atoms with E-state index in [1.807, 2.05) is 53.2 Å². The molecule has 5 rings (SSSR count). The summed E-state index contributed by atoms with van der Waals surface area (Å²) in [7, 11) is 0. The molecule has 0 bridgehead atoms. The van der Waals surface area contributed by atoms with Crippen molar-refractivity contribution in [2.75, 3.05) is 13.2 Å². The van der Waals surface area contributed by atoms with Gasteiger partial charge in [0, 0.05) is 31.7 Å². The van der Waals surface area contributed by atoms with Crippen molar-refractivity contribution in [1.82, 2.24) is 23.8 Å². The molecule has 1 amide bonds. The molecule has 0 spiro atoms. The number of ketones is 1. The van der Waals surface area contributed by atoms with Gasteiger partial charge in [-0.25, -0.2) is 9.97 Å². The number of rotatable bonds is 12. The number of Topliss-reactive ketones (excluding diaryl/α,β-unsaturated/α-hetero) is 1. The second-order valence-corrected chi connectivity index (χ2v) is 10.1. The highest BCUT2D eigenvalue weighted by Gasteiger charge is 2.46. The van der Waals surface area contributed by atoms with Crippen LogP contribution < -0.4 is 4.74 Å². The maximum absolute atomic E-state index is 13.5. The number of carbonyl (C=O) groups is 2. The van der Waals surface area contributed by atoms with E-state index >= 15 is 0 Å². The quantitative estimate of drug-likeness (QED) is 0.113. The molecule has 9 nitrogen and oxygen atoms in total. The van der Waals surface area contributed by atoms with Gasteiger partial charge in [0.1, 0.15) is 17.1 Å². The Morgan fingerprint density at radius 3 is 2.58 bits per heavy atom. The summed E-state index contributed by atoms with van der Waals surface area (Å²) in [4.78, 5) is 37.0. The van der Waals surface area contributed by atoms with Crippen LogP contribution in [0.3, 0.4) is 0 Å². The first-order valence-electron chi connectivity index (χ1n) is 13.9. The monoisotopic (exact) mass is 541 g/mol. The number of aryl methyl sites for hydroxylation is 2. The number of unbranched alkanes of at least 4 members (excludes halogenated alkanes) is 3. The van der Waals surface area contributed by atoms with E-state index in [9.17, 15) is 14.7 Å². The maximum Gasteiger partial charge on any atom is 0.295 e. The fourth-order valence-electron chi connectivity index (χ4n) is 5.29. The van der Waals surface area contributed by atoms with Crippen molar-refractivity contribution in [3.05, 3.63) is 89.9 Å². The van der Waals surface area contributed by atoms with E-state index in [0.717, 1.165) is 24.2 Å². The summed E-state index contributed by atoms with van der Waals surface area (Å²) in [6.07, 6.45) is 12.2. The third-order valence-corrected chi connectivity index (χ3v) is 7.31. The van der Waals surface area contributed by atoms with Gasteiger partial charge in [0.15, 0.2) is 5.76 Å². The number of likely N-dealkylation sites (tertiary alicyclic amines) is 1. The Hall–Kier alpha value is -4.40. The summed E-state index contributed by atoms with van der Waals surface area (Å²) in [6, 6.07) is 12.2. The van der Waals surface area contributed by atoms with E-state index in [0.29, 0.717) is 43.2 Å². The Bertz CT molecular complexity index is 1500. The summed E-state index contributed by atoms with van der Waals surface area (Å²) in [5, 5.41) is 11.6. The van der Waals surface area contributed by atoms with E-state index in [1.54, 1.807) is 34.9 Å². The zero-order valence-corrected chi connectivity index (χ0v) is 23.0. The zero-order chi connectivity index (χ0) is 28.1. The summed E-state index contributed by atoms with van der Waals surface area (Å²) >= 11 is 0. The summed E-state index contributed by atoms with van der Waals surface area (Å²) in [6.45, 7) is 5.58. The number of aliphatic hydroxyl groups excluding tert-OH is 1. The van der Waals surface area contributed by atoms with Gasteiger partial charge in [-0.05, 0) is 49.6 Å². The summed E-state index contributed by atoms with van der Waals surface area (Å²) in [5.74, 6) is -0.825. The molecule has 40 heavy (non-hydrogen) atoms. The fourth-order valence-corrected chi connectivity index (χ4v) is 5.29. The van der Waals surface area contributed by atoms with Crippen molar-refractivity contribution in [2.45, 2.75) is 58.5 Å². The number of carbonyl (C=O) groups excluding carboxylic acids is 2. The molecular weight excluding hydrogens is 506 g/mol. The number of imidazole rings is 2. The number of pyridine rings is 1. The van der Waals surface area contributed by atoms with Gasteiger partial charge in [-0.1, -0.05) is 44.4 Å². The lowest BCUT2D eigenvalue weighted by Crippen LogP contribution is -2.31. The number of amides is 1. The van der Waals surface area contributed by atoms with Crippen molar-refractivity contribution in [3.8, 4) is 5.75 Å². The highest BCUT2D eigenvalue weighted by molar-refractivity contribution is 6.46. The maximum atomic E-state index is 13.5. The minimum atomic E-state index is -0.741. The lowest BCUT2D eigenvalue weighted by atomic mass is 9.96. The molecule has 0 saturated carbocycles. The number of hydrogen-bond acceptors (Lipinski definition) is 6. The highest BCUT2D eigenvalue weighted by Crippen LogP contribution is 2.40. The first-order chi connectivity index (χ1) is 19.5. The number of benzene rings is 1. The lowest BCUT2D eigenvalue weighted by Gasteiger charge is -2.25. The van der Waals surface area contributed by atoms with Gasteiger partial charge in [-0.2, -0.15) is 0 Å². The van der Waals surface area contributed by atoms with Gasteiger partial charge in [-0.3, -0.25) is 14.0 Å². The van der Waals surface area contributed by atoms with E-state index < -0.39 is 17.7 Å². The Balaban J connectivity index is 1.49. The van der Waals surface area contributed by atoms with E-state index in [4.69, 9.17) is 4.74 Å². The van der Waals surface area contributed by atoms with Crippen LogP contribution in [0.1, 0.15) is 62.0 Å². The van der Waals surface area contributed by atoms with Crippen LogP contribution in [-0.4, -0.2) is 53.8 Å². The molecule has 4 aromatic rings. The molecule has 1 aliphatic heterocycles. The molecular formula is C31H35N5O4. The van der Waals surface area contributed by atoms with E-state index in [1.165, 1.54) is 12.8 Å². The van der Waals surface area contributed by atoms with Crippen molar-refractivity contribution >= 4 is 23.1 Å². The Kier molecular flexibility index (Phi) is 8.28. The molecule has 0 aliphatic carbocycles. The van der Waals surface area contributed by atoms with Crippen molar-refractivity contribution < 1.29 is 19.4 Å². The molecule has 1 fully saturated rings. The molecule has 9 heteroatoms. The van der Waals surface area contributed by atoms with Crippen LogP contribution in [0.2, 0.25) is 0 Å². The van der Waals surface area contributed by atoms with Crippen LogP contribution in [0.4, 0.5) is 0 Å². The topological polar surface area (TPSA) is 102 Å². The SMILES string of the molecule is CCCCCCOc1ccc(C2/C(=C(\O)c3c(C)nc4ccccn34)C(=O)C(=O)N2CCCn2ccnc2)cc1. The Morgan fingerprint density at radius 1 is 1.00 bits per heavy atom. The number of aliphatic hydroxyl groups is 1. The minimum absolute atomic E-state index is 0.0645. The molecule has 4 heterocycles. The molecule has 0 radical (unpaired) electrons. The molecule has 1 atom stereocenters. The summed E-state index contributed by atoms with van der Waals surface area (Å²) in [5.41, 5.74) is 2.42. The van der Waals surface area contributed by atoms with Crippen LogP contribution in [-0.2, 0) is 16.1 Å². The van der Waals surface area contributed by atoms with Gasteiger partial charge in [0.05, 0.1) is 30.2 Å². The van der Waals surface area contributed by atoms with Crippen LogP contribution in [0.5, 0.6) is 5.75 Å². The van der Waals surface area contributed by atoms with E-state index in [-0.39, 0.29) is 11.3 Å². The first kappa shape index (κ1) is 27.2. The Labute approximate surface area is 233 Å². The number of nitrogens with zero attached hydrogens (tertiary/aromatic N) is 5. The minimum Gasteiger partial charge on any atom is -0.505 e. The first-order valence-corrected chi connectivity index (χ1v) is 13.9. The number of fused-ring (bicyclic) bond motifs is 1. The Morgan fingerprint density at radius 2 is 1.82 bits per heavy atom. The van der Waals surface area contributed by atoms with Crippen LogP contribution in [0.25, 0.3) is 11.4 Å². The molecule has 1 aromatic carbocycles. The second kappa shape index (κ2) is 12.2. The van der Waals surface area contributed by atoms with Crippen LogP contribution >= 0.6 is 0 Å². The lowest BCUT2D eigenvalue weighted by molar-refractivity contribution is -0.139. The largest absolute Gasteiger partial charge is 0.505 e. The van der Waals surface area contributed by atoms with Gasteiger partial charge >= 0.3 is 0 Å². The average molecular weight is 542 g/mol. The van der Waals surface area contributed by atoms with Gasteiger partial charge in [-0.15, -0.1) is 0 Å². The molecule has 1 aliphatic rings. The summed E-state index contributed by atoms with van der Waals surface area (Å²) < 4.78 is 9.58. The molecule has 208 valence electrons. The molecule has 3 aromatic heterocycles. The molecule has 1 unspecified atom stereocenters. The molecule has 1 N–H and O–H groups in total.